The number of alkyl halides is 1. The van der Waals surface area contributed by atoms with E-state index in [2.05, 4.69) is 0 Å². The monoisotopic (exact) mass is 186 g/mol. The van der Waals surface area contributed by atoms with Crippen LogP contribution >= 0.6 is 11.6 Å². The predicted octanol–water partition coefficient (Wildman–Crippen LogP) is 1.53. The maximum atomic E-state index is 11.5. The highest BCUT2D eigenvalue weighted by Crippen LogP contribution is 2.39. The van der Waals surface area contributed by atoms with E-state index >= 15 is 0 Å². The Hall–Kier alpha value is -0.340. The molecule has 66 valence electrons. The number of carbonyl (C=O) groups excluding carboxylic acids is 1. The van der Waals surface area contributed by atoms with E-state index in [9.17, 15) is 4.79 Å². The number of rotatable bonds is 0. The van der Waals surface area contributed by atoms with Crippen molar-refractivity contribution in [2.45, 2.75) is 30.9 Å². The summed E-state index contributed by atoms with van der Waals surface area (Å²) in [6.45, 7) is 3.71. The van der Waals surface area contributed by atoms with E-state index in [0.29, 0.717) is 0 Å². The van der Waals surface area contributed by atoms with Gasteiger partial charge in [-0.05, 0) is 6.92 Å². The Morgan fingerprint density at radius 2 is 2.33 bits per heavy atom. The second-order valence-electron chi connectivity index (χ2n) is 3.68. The lowest BCUT2D eigenvalue weighted by atomic mass is 9.90. The van der Waals surface area contributed by atoms with Gasteiger partial charge in [-0.3, -0.25) is 4.79 Å². The summed E-state index contributed by atoms with van der Waals surface area (Å²) in [5.41, 5.74) is -0.560. The molecule has 0 radical (unpaired) electrons. The summed E-state index contributed by atoms with van der Waals surface area (Å²) in [6.07, 6.45) is 3.78. The van der Waals surface area contributed by atoms with Crippen molar-refractivity contribution < 1.29 is 9.53 Å². The molecular formula is C9H11ClO2. The van der Waals surface area contributed by atoms with Crippen molar-refractivity contribution in [3.05, 3.63) is 12.2 Å². The quantitative estimate of drug-likeness (QED) is 0.424. The van der Waals surface area contributed by atoms with E-state index in [1.165, 1.54) is 0 Å². The van der Waals surface area contributed by atoms with E-state index < -0.39 is 11.0 Å². The van der Waals surface area contributed by atoms with Crippen molar-refractivity contribution in [2.24, 2.45) is 5.92 Å². The average molecular weight is 187 g/mol. The Morgan fingerprint density at radius 3 is 3.00 bits per heavy atom. The Kier molecular flexibility index (Phi) is 1.61. The largest absolute Gasteiger partial charge is 0.361 e. The fraction of sp³-hybridized carbons (Fsp3) is 0.667. The van der Waals surface area contributed by atoms with Crippen molar-refractivity contribution in [3.63, 3.8) is 0 Å². The zero-order valence-corrected chi connectivity index (χ0v) is 7.84. The van der Waals surface area contributed by atoms with Gasteiger partial charge in [0.1, 0.15) is 11.0 Å². The maximum absolute atomic E-state index is 11.5. The Bertz CT molecular complexity index is 261. The van der Waals surface area contributed by atoms with Crippen molar-refractivity contribution >= 4 is 17.4 Å². The molecule has 2 aliphatic rings. The molecule has 0 spiro atoms. The number of Topliss-reactive ketones (excluding diaryl/α,β-unsaturated/α-hetero) is 1. The van der Waals surface area contributed by atoms with E-state index in [4.69, 9.17) is 16.3 Å². The van der Waals surface area contributed by atoms with Crippen LogP contribution in [0.4, 0.5) is 0 Å². The molecule has 0 aliphatic carbocycles. The summed E-state index contributed by atoms with van der Waals surface area (Å²) in [7, 11) is 0. The van der Waals surface area contributed by atoms with E-state index in [0.717, 1.165) is 0 Å². The third kappa shape index (κ3) is 0.882. The molecule has 0 amide bonds. The molecule has 2 rings (SSSR count). The minimum atomic E-state index is -0.560. The van der Waals surface area contributed by atoms with Crippen LogP contribution in [0.1, 0.15) is 13.8 Å². The van der Waals surface area contributed by atoms with Crippen molar-refractivity contribution in [1.82, 2.24) is 0 Å². The molecule has 2 nitrogen and oxygen atoms in total. The molecule has 3 heteroatoms. The van der Waals surface area contributed by atoms with Crippen LogP contribution < -0.4 is 0 Å². The molecule has 0 unspecified atom stereocenters. The SMILES string of the molecule is C[C@H]1C(=O)[C@@H](Cl)[C@]2(C)C=C[C@H]1O2. The van der Waals surface area contributed by atoms with E-state index in [1.54, 1.807) is 0 Å². The first kappa shape index (κ1) is 8.27. The summed E-state index contributed by atoms with van der Waals surface area (Å²) in [6, 6.07) is 0. The normalized spacial score (nSPS) is 51.6. The second-order valence-corrected chi connectivity index (χ2v) is 4.12. The van der Waals surface area contributed by atoms with Crippen LogP contribution in [0, 0.1) is 5.92 Å². The van der Waals surface area contributed by atoms with Crippen LogP contribution in [0.5, 0.6) is 0 Å². The first-order valence-electron chi connectivity index (χ1n) is 4.09. The molecule has 0 saturated carbocycles. The third-order valence-corrected chi connectivity index (χ3v) is 3.35. The Labute approximate surface area is 76.5 Å². The Balaban J connectivity index is 2.38. The standard InChI is InChI=1S/C9H11ClO2/c1-5-6-3-4-9(2,12-6)8(10)7(5)11/h3-6,8H,1-2H3/t5-,6-,8-,9+/m1/s1. The lowest BCUT2D eigenvalue weighted by molar-refractivity contribution is -0.142. The average Bonchev–Trinajstić information content (AvgIpc) is 2.41. The molecule has 2 heterocycles. The Morgan fingerprint density at radius 1 is 1.67 bits per heavy atom. The van der Waals surface area contributed by atoms with Crippen molar-refractivity contribution in [3.8, 4) is 0 Å². The number of halogens is 1. The molecule has 0 aromatic carbocycles. The number of carbonyl (C=O) groups is 1. The molecule has 0 aromatic heterocycles. The van der Waals surface area contributed by atoms with Crippen LogP contribution in [-0.2, 0) is 9.53 Å². The van der Waals surface area contributed by atoms with Gasteiger partial charge in [0, 0.05) is 5.92 Å². The van der Waals surface area contributed by atoms with Gasteiger partial charge in [0.2, 0.25) is 0 Å². The molecule has 1 fully saturated rings. The number of ether oxygens (including phenoxy) is 1. The predicted molar refractivity (Wildman–Crippen MR) is 46.2 cm³/mol. The molecule has 0 aromatic rings. The summed E-state index contributed by atoms with van der Waals surface area (Å²) in [5.74, 6) is -0.000239. The fourth-order valence-corrected chi connectivity index (χ4v) is 2.07. The van der Waals surface area contributed by atoms with E-state index in [1.807, 2.05) is 26.0 Å². The van der Waals surface area contributed by atoms with Crippen LogP contribution in [0.15, 0.2) is 12.2 Å². The van der Waals surface area contributed by atoms with Crippen LogP contribution in [0.2, 0.25) is 0 Å². The maximum Gasteiger partial charge on any atom is 0.159 e. The zero-order chi connectivity index (χ0) is 8.93. The van der Waals surface area contributed by atoms with Gasteiger partial charge in [-0.25, -0.2) is 0 Å². The summed E-state index contributed by atoms with van der Waals surface area (Å²) in [5, 5.41) is -0.525. The van der Waals surface area contributed by atoms with Crippen LogP contribution in [-0.4, -0.2) is 22.9 Å². The number of hydrogen-bond donors (Lipinski definition) is 0. The van der Waals surface area contributed by atoms with Gasteiger partial charge in [0.05, 0.1) is 6.10 Å². The minimum Gasteiger partial charge on any atom is -0.361 e. The lowest BCUT2D eigenvalue weighted by Gasteiger charge is -2.36. The molecule has 2 bridgehead atoms. The summed E-state index contributed by atoms with van der Waals surface area (Å²) < 4.78 is 5.62. The highest BCUT2D eigenvalue weighted by Gasteiger charge is 2.50. The minimum absolute atomic E-state index is 0.0579. The summed E-state index contributed by atoms with van der Waals surface area (Å²) >= 11 is 5.97. The van der Waals surface area contributed by atoms with Crippen molar-refractivity contribution in [1.29, 1.82) is 0 Å². The number of fused-ring (bicyclic) bond motifs is 2. The third-order valence-electron chi connectivity index (χ3n) is 2.70. The molecule has 1 saturated heterocycles. The van der Waals surface area contributed by atoms with Gasteiger partial charge in [-0.1, -0.05) is 19.1 Å². The highest BCUT2D eigenvalue weighted by atomic mass is 35.5. The molecule has 12 heavy (non-hydrogen) atoms. The van der Waals surface area contributed by atoms with Gasteiger partial charge in [0.15, 0.2) is 5.78 Å². The highest BCUT2D eigenvalue weighted by molar-refractivity contribution is 6.32. The zero-order valence-electron chi connectivity index (χ0n) is 7.08. The van der Waals surface area contributed by atoms with Crippen molar-refractivity contribution in [2.75, 3.05) is 0 Å². The first-order chi connectivity index (χ1) is 5.54. The number of ketones is 1. The van der Waals surface area contributed by atoms with E-state index in [-0.39, 0.29) is 17.8 Å². The number of hydrogen-bond acceptors (Lipinski definition) is 2. The summed E-state index contributed by atoms with van der Waals surface area (Å²) in [4.78, 5) is 11.5. The molecule has 2 aliphatic heterocycles. The van der Waals surface area contributed by atoms with Gasteiger partial charge >= 0.3 is 0 Å². The fourth-order valence-electron chi connectivity index (χ4n) is 1.75. The molecule has 0 N–H and O–H groups in total. The van der Waals surface area contributed by atoms with Gasteiger partial charge in [0.25, 0.3) is 0 Å². The van der Waals surface area contributed by atoms with Gasteiger partial charge in [-0.15, -0.1) is 11.6 Å². The molecular weight excluding hydrogens is 176 g/mol. The van der Waals surface area contributed by atoms with Gasteiger partial charge < -0.3 is 4.74 Å². The topological polar surface area (TPSA) is 26.3 Å². The van der Waals surface area contributed by atoms with Gasteiger partial charge in [-0.2, -0.15) is 0 Å². The smallest absolute Gasteiger partial charge is 0.159 e. The molecule has 4 atom stereocenters. The second kappa shape index (κ2) is 2.33. The van der Waals surface area contributed by atoms with Crippen LogP contribution in [0.25, 0.3) is 0 Å². The first-order valence-corrected chi connectivity index (χ1v) is 4.53. The van der Waals surface area contributed by atoms with Crippen LogP contribution in [0.3, 0.4) is 0 Å². The lowest BCUT2D eigenvalue weighted by Crippen LogP contribution is -2.50.